The smallest absolute Gasteiger partial charge is 0.419 e. The van der Waals surface area contributed by atoms with Crippen molar-refractivity contribution in [1.29, 1.82) is 0 Å². The number of nitrogens with zero attached hydrogens (tertiary/aromatic N) is 4. The van der Waals surface area contributed by atoms with Crippen molar-refractivity contribution in [2.45, 2.75) is 32.4 Å². The molecule has 4 N–H and O–H groups in total. The molecule has 41 heavy (non-hydrogen) atoms. The first kappa shape index (κ1) is 25.7. The number of aromatic amines is 1. The Bertz CT molecular complexity index is 2030. The third-order valence-electron chi connectivity index (χ3n) is 7.35. The highest BCUT2D eigenvalue weighted by Crippen LogP contribution is 2.34. The molecule has 5 aromatic rings. The molecule has 0 aliphatic heterocycles. The lowest BCUT2D eigenvalue weighted by Gasteiger charge is -2.15. The number of carbonyl (C=O) groups excluding carboxylic acids is 2. The first-order chi connectivity index (χ1) is 19.6. The van der Waals surface area contributed by atoms with Gasteiger partial charge in [0.25, 0.3) is 17.6 Å². The standard InChI is InChI=1S/C27H23N7O7/c1-12-14-6-7-17(16(14)5-4-15(12)24(37)38)29-22(35)18-10-20(34-25(30-18)31-26(39)32-34)23(36)28-11-13-3-8-21-19(9-13)33(2)27(40)41-21/h3-5,8-10,17H,6-7,11H2,1-2H3,(H,28,36)(H,29,35)(H,32,39)(H,37,38)/t17-/m0/s1. The maximum absolute atomic E-state index is 13.3. The van der Waals surface area contributed by atoms with Gasteiger partial charge in [0.2, 0.25) is 0 Å². The number of fused-ring (bicyclic) bond motifs is 3. The van der Waals surface area contributed by atoms with Crippen LogP contribution < -0.4 is 22.1 Å². The van der Waals surface area contributed by atoms with Crippen LogP contribution in [0, 0.1) is 6.92 Å². The van der Waals surface area contributed by atoms with Crippen LogP contribution in [0.4, 0.5) is 0 Å². The second kappa shape index (κ2) is 9.59. The highest BCUT2D eigenvalue weighted by atomic mass is 16.4. The third-order valence-corrected chi connectivity index (χ3v) is 7.35. The third kappa shape index (κ3) is 4.44. The van der Waals surface area contributed by atoms with Crippen molar-refractivity contribution in [2.24, 2.45) is 7.05 Å². The van der Waals surface area contributed by atoms with E-state index >= 15 is 0 Å². The van der Waals surface area contributed by atoms with Crippen LogP contribution in [0.25, 0.3) is 16.9 Å². The van der Waals surface area contributed by atoms with E-state index in [2.05, 4.69) is 25.7 Å². The molecule has 2 aromatic carbocycles. The van der Waals surface area contributed by atoms with Crippen molar-refractivity contribution in [1.82, 2.24) is 34.8 Å². The van der Waals surface area contributed by atoms with Crippen molar-refractivity contribution in [3.05, 3.63) is 96.6 Å². The van der Waals surface area contributed by atoms with Gasteiger partial charge < -0.3 is 20.2 Å². The van der Waals surface area contributed by atoms with Gasteiger partial charge in [-0.25, -0.2) is 29.0 Å². The van der Waals surface area contributed by atoms with E-state index in [1.54, 1.807) is 38.2 Å². The van der Waals surface area contributed by atoms with Gasteiger partial charge in [-0.15, -0.1) is 0 Å². The summed E-state index contributed by atoms with van der Waals surface area (Å²) < 4.78 is 7.58. The molecule has 6 rings (SSSR count). The monoisotopic (exact) mass is 557 g/mol. The van der Waals surface area contributed by atoms with E-state index in [0.717, 1.165) is 15.6 Å². The summed E-state index contributed by atoms with van der Waals surface area (Å²) in [6.45, 7) is 1.82. The SMILES string of the molecule is Cc1c(C(=O)O)ccc2c1CC[C@@H]2NC(=O)c1cc(C(=O)NCc2ccc3oc(=O)n(C)c3c2)n2[nH]c(=O)nc2n1. The summed E-state index contributed by atoms with van der Waals surface area (Å²) in [5.41, 5.74) is 3.31. The van der Waals surface area contributed by atoms with Crippen LogP contribution in [0.1, 0.15) is 66.1 Å². The topological polar surface area (TPSA) is 194 Å². The van der Waals surface area contributed by atoms with Gasteiger partial charge in [0.1, 0.15) is 11.4 Å². The van der Waals surface area contributed by atoms with Gasteiger partial charge in [-0.1, -0.05) is 12.1 Å². The number of amides is 2. The minimum absolute atomic E-state index is 0.0692. The predicted octanol–water partition coefficient (Wildman–Crippen LogP) is 1.22. The number of carbonyl (C=O) groups is 3. The Morgan fingerprint density at radius 1 is 1.12 bits per heavy atom. The highest BCUT2D eigenvalue weighted by Gasteiger charge is 2.28. The van der Waals surface area contributed by atoms with Crippen molar-refractivity contribution >= 4 is 34.7 Å². The number of carboxylic acid groups (broad SMARTS) is 1. The fourth-order valence-corrected chi connectivity index (χ4v) is 5.22. The minimum atomic E-state index is -1.01. The van der Waals surface area contributed by atoms with E-state index in [-0.39, 0.29) is 35.3 Å². The van der Waals surface area contributed by atoms with Crippen LogP contribution in [-0.2, 0) is 20.0 Å². The number of H-pyrrole nitrogens is 1. The largest absolute Gasteiger partial charge is 0.478 e. The van der Waals surface area contributed by atoms with Gasteiger partial charge in [0.15, 0.2) is 5.58 Å². The number of hydrogen-bond acceptors (Lipinski definition) is 8. The van der Waals surface area contributed by atoms with Crippen LogP contribution in [-0.4, -0.2) is 47.0 Å². The number of aryl methyl sites for hydroxylation is 1. The van der Waals surface area contributed by atoms with E-state index in [0.29, 0.717) is 35.1 Å². The van der Waals surface area contributed by atoms with Crippen LogP contribution in [0.2, 0.25) is 0 Å². The molecule has 0 saturated heterocycles. The summed E-state index contributed by atoms with van der Waals surface area (Å²) in [6.07, 6.45) is 1.16. The molecule has 0 spiro atoms. The second-order valence-electron chi connectivity index (χ2n) is 9.78. The van der Waals surface area contributed by atoms with Crippen LogP contribution in [0.3, 0.4) is 0 Å². The molecule has 1 aliphatic rings. The predicted molar refractivity (Wildman–Crippen MR) is 143 cm³/mol. The number of hydrogen-bond donors (Lipinski definition) is 4. The van der Waals surface area contributed by atoms with Crippen molar-refractivity contribution < 1.29 is 23.9 Å². The van der Waals surface area contributed by atoms with E-state index in [9.17, 15) is 29.1 Å². The second-order valence-corrected chi connectivity index (χ2v) is 9.78. The molecule has 0 radical (unpaired) electrons. The van der Waals surface area contributed by atoms with E-state index in [4.69, 9.17) is 4.42 Å². The number of aromatic carboxylic acids is 1. The number of carboxylic acids is 1. The van der Waals surface area contributed by atoms with Crippen molar-refractivity contribution in [3.8, 4) is 0 Å². The zero-order valence-electron chi connectivity index (χ0n) is 21.8. The lowest BCUT2D eigenvalue weighted by atomic mass is 9.98. The van der Waals surface area contributed by atoms with Gasteiger partial charge in [0, 0.05) is 19.7 Å². The van der Waals surface area contributed by atoms with E-state index in [1.165, 1.54) is 16.7 Å². The fourth-order valence-electron chi connectivity index (χ4n) is 5.22. The summed E-state index contributed by atoms with van der Waals surface area (Å²) in [4.78, 5) is 69.6. The molecule has 0 fully saturated rings. The maximum Gasteiger partial charge on any atom is 0.419 e. The van der Waals surface area contributed by atoms with Crippen LogP contribution in [0.15, 0.2) is 50.4 Å². The quantitative estimate of drug-likeness (QED) is 0.237. The van der Waals surface area contributed by atoms with Gasteiger partial charge >= 0.3 is 17.4 Å². The summed E-state index contributed by atoms with van der Waals surface area (Å²) in [5, 5.41) is 17.5. The molecule has 3 aromatic heterocycles. The molecule has 14 heteroatoms. The zero-order chi connectivity index (χ0) is 29.0. The summed E-state index contributed by atoms with van der Waals surface area (Å²) in [6, 6.07) is 9.13. The van der Waals surface area contributed by atoms with Crippen molar-refractivity contribution in [3.63, 3.8) is 0 Å². The molecule has 0 unspecified atom stereocenters. The summed E-state index contributed by atoms with van der Waals surface area (Å²) in [7, 11) is 1.57. The number of oxazole rings is 1. The molecule has 14 nitrogen and oxygen atoms in total. The van der Waals surface area contributed by atoms with Crippen molar-refractivity contribution in [2.75, 3.05) is 0 Å². The normalized spacial score (nSPS) is 14.3. The molecule has 208 valence electrons. The average molecular weight is 558 g/mol. The Morgan fingerprint density at radius 2 is 1.93 bits per heavy atom. The van der Waals surface area contributed by atoms with Crippen LogP contribution in [0.5, 0.6) is 0 Å². The number of benzene rings is 2. The van der Waals surface area contributed by atoms with Crippen LogP contribution >= 0.6 is 0 Å². The van der Waals surface area contributed by atoms with E-state index < -0.39 is 29.2 Å². The van der Waals surface area contributed by atoms with Gasteiger partial charge in [-0.05, 0) is 60.2 Å². The Balaban J connectivity index is 1.26. The molecular weight excluding hydrogens is 534 g/mol. The minimum Gasteiger partial charge on any atom is -0.478 e. The Hall–Kier alpha value is -5.53. The Morgan fingerprint density at radius 3 is 2.71 bits per heavy atom. The van der Waals surface area contributed by atoms with Gasteiger partial charge in [-0.3, -0.25) is 14.2 Å². The molecule has 0 saturated carbocycles. The first-order valence-corrected chi connectivity index (χ1v) is 12.6. The highest BCUT2D eigenvalue weighted by molar-refractivity contribution is 5.98. The van der Waals surface area contributed by atoms with Gasteiger partial charge in [-0.2, -0.15) is 4.98 Å². The molecule has 3 heterocycles. The zero-order valence-corrected chi connectivity index (χ0v) is 21.8. The number of nitrogens with one attached hydrogen (secondary N) is 3. The molecule has 2 amide bonds. The Kier molecular flexibility index (Phi) is 6.02. The molecule has 1 atom stereocenters. The first-order valence-electron chi connectivity index (χ1n) is 12.6. The summed E-state index contributed by atoms with van der Waals surface area (Å²) >= 11 is 0. The fraction of sp³-hybridized carbons (Fsp3) is 0.222. The lowest BCUT2D eigenvalue weighted by molar-refractivity contribution is 0.0695. The average Bonchev–Trinajstić information content (AvgIpc) is 3.61. The molecular formula is C27H23N7O7. The van der Waals surface area contributed by atoms with E-state index in [1.807, 2.05) is 0 Å². The van der Waals surface area contributed by atoms with Gasteiger partial charge in [0.05, 0.1) is 17.1 Å². The Labute approximate surface area is 229 Å². The summed E-state index contributed by atoms with van der Waals surface area (Å²) in [5.74, 6) is -2.86. The maximum atomic E-state index is 13.3. The number of rotatable bonds is 6. The molecule has 0 bridgehead atoms. The lowest BCUT2D eigenvalue weighted by Crippen LogP contribution is -2.30. The number of aromatic nitrogens is 5. The molecule has 1 aliphatic carbocycles.